The van der Waals surface area contributed by atoms with E-state index in [2.05, 4.69) is 9.47 Å². The van der Waals surface area contributed by atoms with Gasteiger partial charge in [-0.15, -0.1) is 0 Å². The first-order valence-electron chi connectivity index (χ1n) is 8.97. The number of nitrogens with two attached hydrogens (primary N) is 2. The van der Waals surface area contributed by atoms with Crippen LogP contribution in [0.1, 0.15) is 11.1 Å². The molecule has 0 unspecified atom stereocenters. The fourth-order valence-corrected chi connectivity index (χ4v) is 2.91. The first-order chi connectivity index (χ1) is 16.4. The lowest BCUT2D eigenvalue weighted by atomic mass is 10.0. The van der Waals surface area contributed by atoms with E-state index in [0.29, 0.717) is 12.1 Å². The van der Waals surface area contributed by atoms with E-state index >= 15 is 4.39 Å². The van der Waals surface area contributed by atoms with Gasteiger partial charge in [0.25, 0.3) is 0 Å². The molecule has 0 saturated heterocycles. The number of alkyl halides is 6. The predicted octanol–water partition coefficient (Wildman–Crippen LogP) is 7.31. The molecule has 0 spiro atoms. The summed E-state index contributed by atoms with van der Waals surface area (Å²) >= 11 is 0. The number of halogens is 12. The predicted molar refractivity (Wildman–Crippen MR) is 98.1 cm³/mol. The number of rotatable bonds is 4. The average Bonchev–Trinajstić information content (AvgIpc) is 2.71. The Morgan fingerprint density at radius 2 is 0.889 bits per heavy atom. The fourth-order valence-electron chi connectivity index (χ4n) is 2.91. The largest absolute Gasteiger partial charge is 0.450 e. The Morgan fingerprint density at radius 1 is 0.500 bits per heavy atom. The third-order valence-corrected chi connectivity index (χ3v) is 4.35. The number of ether oxygens (including phenoxy) is 2. The van der Waals surface area contributed by atoms with Gasteiger partial charge < -0.3 is 20.9 Å². The molecule has 0 amide bonds. The zero-order valence-corrected chi connectivity index (χ0v) is 16.8. The number of hydrogen-bond acceptors (Lipinski definition) is 4. The molecule has 0 heterocycles. The third-order valence-electron chi connectivity index (χ3n) is 4.35. The second-order valence-corrected chi connectivity index (χ2v) is 6.85. The van der Waals surface area contributed by atoms with Crippen LogP contribution in [-0.2, 0) is 12.4 Å². The van der Waals surface area contributed by atoms with Crippen LogP contribution in [0.15, 0.2) is 24.3 Å². The minimum Gasteiger partial charge on any atom is -0.450 e. The molecule has 4 N–H and O–H groups in total. The summed E-state index contributed by atoms with van der Waals surface area (Å²) in [5.41, 5.74) is 1.63. The van der Waals surface area contributed by atoms with E-state index in [1.165, 1.54) is 0 Å². The van der Waals surface area contributed by atoms with Gasteiger partial charge in [0, 0.05) is 24.3 Å². The zero-order valence-electron chi connectivity index (χ0n) is 16.8. The van der Waals surface area contributed by atoms with Gasteiger partial charge in [0.15, 0.2) is 34.7 Å². The maximum atomic E-state index is 15.1. The Morgan fingerprint density at radius 3 is 1.28 bits per heavy atom. The van der Waals surface area contributed by atoms with Crippen LogP contribution >= 0.6 is 0 Å². The molecule has 0 aliphatic carbocycles. The van der Waals surface area contributed by atoms with E-state index in [4.69, 9.17) is 11.5 Å². The molecule has 3 aromatic rings. The smallest absolute Gasteiger partial charge is 0.420 e. The van der Waals surface area contributed by atoms with Gasteiger partial charge in [0.2, 0.25) is 11.6 Å². The molecule has 0 bridgehead atoms. The SMILES string of the molecule is Nc1cc(F)cc(Oc2c(F)c(Oc3cc(F)cc(N)c3F)c(C(F)(F)F)c(C(F)(F)F)c2F)c1F. The molecule has 3 rings (SSSR count). The molecule has 194 valence electrons. The highest BCUT2D eigenvalue weighted by Crippen LogP contribution is 2.52. The van der Waals surface area contributed by atoms with Crippen molar-refractivity contribution >= 4 is 11.4 Å². The lowest BCUT2D eigenvalue weighted by molar-refractivity contribution is -0.165. The molecule has 0 atom stereocenters. The number of hydrogen-bond donors (Lipinski definition) is 2. The first kappa shape index (κ1) is 26.6. The Hall–Kier alpha value is -3.98. The molecular weight excluding hydrogens is 528 g/mol. The van der Waals surface area contributed by atoms with E-state index in [1.54, 1.807) is 0 Å². The summed E-state index contributed by atoms with van der Waals surface area (Å²) < 4.78 is 175. The van der Waals surface area contributed by atoms with Crippen molar-refractivity contribution in [3.8, 4) is 23.0 Å². The third kappa shape index (κ3) is 4.87. The van der Waals surface area contributed by atoms with Crippen molar-refractivity contribution in [1.82, 2.24) is 0 Å². The van der Waals surface area contributed by atoms with Crippen molar-refractivity contribution in [2.75, 3.05) is 11.5 Å². The van der Waals surface area contributed by atoms with Crippen LogP contribution in [-0.4, -0.2) is 0 Å². The highest BCUT2D eigenvalue weighted by molar-refractivity contribution is 5.57. The summed E-state index contributed by atoms with van der Waals surface area (Å²) in [6, 6.07) is 0.702. The molecule has 3 aromatic carbocycles. The molecule has 36 heavy (non-hydrogen) atoms. The fraction of sp³-hybridized carbons (Fsp3) is 0.100. The minimum atomic E-state index is -6.24. The van der Waals surface area contributed by atoms with Crippen molar-refractivity contribution in [2.24, 2.45) is 0 Å². The van der Waals surface area contributed by atoms with Crippen molar-refractivity contribution in [3.63, 3.8) is 0 Å². The highest BCUT2D eigenvalue weighted by Gasteiger charge is 2.51. The van der Waals surface area contributed by atoms with E-state index in [1.807, 2.05) is 0 Å². The minimum absolute atomic E-state index is 0.00459. The van der Waals surface area contributed by atoms with Crippen LogP contribution in [0.4, 0.5) is 64.1 Å². The number of nitrogen functional groups attached to an aromatic ring is 2. The van der Waals surface area contributed by atoms with Crippen LogP contribution in [0.3, 0.4) is 0 Å². The number of benzene rings is 3. The van der Waals surface area contributed by atoms with E-state index < -0.39 is 92.8 Å². The molecule has 4 nitrogen and oxygen atoms in total. The van der Waals surface area contributed by atoms with Crippen molar-refractivity contribution in [2.45, 2.75) is 12.4 Å². The molecule has 0 aliphatic heterocycles. The van der Waals surface area contributed by atoms with Crippen LogP contribution in [0.2, 0.25) is 0 Å². The molecule has 0 fully saturated rings. The average molecular weight is 536 g/mol. The summed E-state index contributed by atoms with van der Waals surface area (Å²) in [5, 5.41) is 0. The molecule has 0 aromatic heterocycles. The Balaban J connectivity index is 2.41. The van der Waals surface area contributed by atoms with Gasteiger partial charge in [-0.3, -0.25) is 0 Å². The van der Waals surface area contributed by atoms with Crippen molar-refractivity contribution < 1.29 is 62.2 Å². The van der Waals surface area contributed by atoms with Crippen molar-refractivity contribution in [1.29, 1.82) is 0 Å². The monoisotopic (exact) mass is 536 g/mol. The zero-order chi connectivity index (χ0) is 27.3. The molecule has 0 radical (unpaired) electrons. The van der Waals surface area contributed by atoms with Crippen LogP contribution < -0.4 is 20.9 Å². The van der Waals surface area contributed by atoms with Gasteiger partial charge in [-0.1, -0.05) is 0 Å². The second kappa shape index (κ2) is 8.91. The van der Waals surface area contributed by atoms with Crippen LogP contribution in [0.25, 0.3) is 0 Å². The molecule has 0 saturated carbocycles. The normalized spacial score (nSPS) is 12.1. The van der Waals surface area contributed by atoms with Gasteiger partial charge in [-0.25, -0.2) is 22.0 Å². The van der Waals surface area contributed by atoms with Crippen molar-refractivity contribution in [3.05, 3.63) is 70.3 Å². The summed E-state index contributed by atoms with van der Waals surface area (Å²) in [6.07, 6.45) is -12.5. The van der Waals surface area contributed by atoms with Gasteiger partial charge in [-0.05, 0) is 0 Å². The first-order valence-corrected chi connectivity index (χ1v) is 8.97. The topological polar surface area (TPSA) is 70.5 Å². The Kier molecular flexibility index (Phi) is 6.59. The van der Waals surface area contributed by atoms with Gasteiger partial charge >= 0.3 is 12.4 Å². The Labute approximate surface area is 191 Å². The lowest BCUT2D eigenvalue weighted by Gasteiger charge is -2.23. The van der Waals surface area contributed by atoms with E-state index in [0.717, 1.165) is 0 Å². The summed E-state index contributed by atoms with van der Waals surface area (Å²) in [4.78, 5) is 0. The highest BCUT2D eigenvalue weighted by atomic mass is 19.4. The van der Waals surface area contributed by atoms with Crippen LogP contribution in [0.5, 0.6) is 23.0 Å². The number of anilines is 2. The van der Waals surface area contributed by atoms with E-state index in [9.17, 15) is 48.3 Å². The van der Waals surface area contributed by atoms with E-state index in [-0.39, 0.29) is 12.1 Å². The summed E-state index contributed by atoms with van der Waals surface area (Å²) in [5.74, 6) is -20.3. The lowest BCUT2D eigenvalue weighted by Crippen LogP contribution is -2.21. The van der Waals surface area contributed by atoms with Gasteiger partial charge in [0.1, 0.15) is 22.8 Å². The quantitative estimate of drug-likeness (QED) is 0.271. The molecule has 0 aliphatic rings. The maximum Gasteiger partial charge on any atom is 0.420 e. The van der Waals surface area contributed by atoms with Crippen LogP contribution in [0, 0.1) is 34.9 Å². The summed E-state index contributed by atoms with van der Waals surface area (Å²) in [7, 11) is 0. The maximum absolute atomic E-state index is 15.1. The summed E-state index contributed by atoms with van der Waals surface area (Å²) in [6.45, 7) is 0. The molecule has 16 heteroatoms. The van der Waals surface area contributed by atoms with Gasteiger partial charge in [-0.2, -0.15) is 30.7 Å². The standard InChI is InChI=1S/C20H8F12N2O2/c21-5-1-7(33)13(23)9(3-5)35-17-12(20(30,31)32)11(19(27,28)29)15(25)18(16(17)26)36-10-4-6(22)2-8(34)14(10)24/h1-4H,33-34H2. The Bertz CT molecular complexity index is 1350. The van der Waals surface area contributed by atoms with Gasteiger partial charge in [0.05, 0.1) is 11.4 Å². The second-order valence-electron chi connectivity index (χ2n) is 6.85. The molecular formula is C20H8F12N2O2.